The summed E-state index contributed by atoms with van der Waals surface area (Å²) in [7, 11) is 0. The molecule has 136 valence electrons. The van der Waals surface area contributed by atoms with Crippen molar-refractivity contribution < 1.29 is 23.5 Å². The van der Waals surface area contributed by atoms with Crippen LogP contribution in [0.4, 0.5) is 10.1 Å². The molecule has 0 unspecified atom stereocenters. The second-order valence-corrected chi connectivity index (χ2v) is 6.75. The molecule has 0 bridgehead atoms. The van der Waals surface area contributed by atoms with Gasteiger partial charge in [-0.1, -0.05) is 12.1 Å². The maximum atomic E-state index is 13.1. The molecule has 1 aromatic heterocycles. The average Bonchev–Trinajstić information content (AvgIpc) is 3.30. The first-order valence-corrected chi connectivity index (χ1v) is 8.99. The van der Waals surface area contributed by atoms with E-state index in [9.17, 15) is 18.8 Å². The summed E-state index contributed by atoms with van der Waals surface area (Å²) in [5.74, 6) is -1.86. The molecule has 6 nitrogen and oxygen atoms in total. The largest absolute Gasteiger partial charge is 0.454 e. The summed E-state index contributed by atoms with van der Waals surface area (Å²) in [5, 5.41) is 4.25. The second-order valence-electron chi connectivity index (χ2n) is 5.80. The fourth-order valence-electron chi connectivity index (χ4n) is 2.79. The number of thiophene rings is 1. The van der Waals surface area contributed by atoms with Crippen molar-refractivity contribution in [2.75, 3.05) is 18.5 Å². The predicted octanol–water partition coefficient (Wildman–Crippen LogP) is 2.67. The van der Waals surface area contributed by atoms with Gasteiger partial charge >= 0.3 is 5.97 Å². The standard InChI is InChI=1S/C18H17FN2O4S/c19-12-4-1-5-13(10-12)20-16(22)11-25-18(24)14-6-2-8-21(14)17(23)15-7-3-9-26-15/h1,3-5,7,9-10,14H,2,6,8,11H2,(H,20,22)/t14-/m0/s1. The number of esters is 1. The number of carbonyl (C=O) groups is 3. The van der Waals surface area contributed by atoms with Crippen LogP contribution in [0, 0.1) is 5.82 Å². The van der Waals surface area contributed by atoms with Gasteiger partial charge in [0.1, 0.15) is 11.9 Å². The van der Waals surface area contributed by atoms with Crippen molar-refractivity contribution in [1.29, 1.82) is 0 Å². The zero-order valence-corrected chi connectivity index (χ0v) is 14.6. The van der Waals surface area contributed by atoms with Crippen LogP contribution in [-0.2, 0) is 14.3 Å². The third-order valence-corrected chi connectivity index (χ3v) is 4.83. The van der Waals surface area contributed by atoms with Crippen LogP contribution in [0.2, 0.25) is 0 Å². The van der Waals surface area contributed by atoms with Crippen LogP contribution in [0.1, 0.15) is 22.5 Å². The molecule has 2 heterocycles. The molecule has 1 aliphatic rings. The molecule has 26 heavy (non-hydrogen) atoms. The molecule has 2 amide bonds. The molecule has 0 saturated carbocycles. The maximum absolute atomic E-state index is 13.1. The van der Waals surface area contributed by atoms with Crippen molar-refractivity contribution in [2.45, 2.75) is 18.9 Å². The molecular formula is C18H17FN2O4S. The molecule has 1 aliphatic heterocycles. The lowest BCUT2D eigenvalue weighted by atomic mass is 10.2. The fourth-order valence-corrected chi connectivity index (χ4v) is 3.47. The number of hydrogen-bond acceptors (Lipinski definition) is 5. The van der Waals surface area contributed by atoms with Gasteiger partial charge in [-0.05, 0) is 42.5 Å². The molecule has 1 atom stereocenters. The van der Waals surface area contributed by atoms with Gasteiger partial charge in [0.15, 0.2) is 6.61 Å². The zero-order chi connectivity index (χ0) is 18.5. The van der Waals surface area contributed by atoms with E-state index in [2.05, 4.69) is 5.32 Å². The topological polar surface area (TPSA) is 75.7 Å². The Morgan fingerprint density at radius 3 is 2.85 bits per heavy atom. The number of halogens is 1. The highest BCUT2D eigenvalue weighted by Crippen LogP contribution is 2.23. The van der Waals surface area contributed by atoms with Gasteiger partial charge in [-0.3, -0.25) is 9.59 Å². The van der Waals surface area contributed by atoms with Gasteiger partial charge in [0.2, 0.25) is 0 Å². The average molecular weight is 376 g/mol. The highest BCUT2D eigenvalue weighted by molar-refractivity contribution is 7.12. The van der Waals surface area contributed by atoms with Crippen molar-refractivity contribution in [3.8, 4) is 0 Å². The first-order valence-electron chi connectivity index (χ1n) is 8.11. The molecule has 2 aromatic rings. The van der Waals surface area contributed by atoms with Crippen molar-refractivity contribution >= 4 is 34.8 Å². The van der Waals surface area contributed by atoms with Crippen LogP contribution in [0.3, 0.4) is 0 Å². The quantitative estimate of drug-likeness (QED) is 0.814. The number of amides is 2. The van der Waals surface area contributed by atoms with Crippen LogP contribution in [0.5, 0.6) is 0 Å². The zero-order valence-electron chi connectivity index (χ0n) is 13.8. The van der Waals surface area contributed by atoms with Crippen molar-refractivity contribution in [1.82, 2.24) is 4.90 Å². The van der Waals surface area contributed by atoms with E-state index in [4.69, 9.17) is 4.74 Å². The summed E-state index contributed by atoms with van der Waals surface area (Å²) in [6.07, 6.45) is 1.20. The van der Waals surface area contributed by atoms with E-state index in [1.54, 1.807) is 17.5 Å². The van der Waals surface area contributed by atoms with E-state index in [1.807, 2.05) is 0 Å². The number of nitrogens with one attached hydrogen (secondary N) is 1. The van der Waals surface area contributed by atoms with Gasteiger partial charge in [-0.25, -0.2) is 9.18 Å². The molecule has 1 saturated heterocycles. The summed E-state index contributed by atoms with van der Waals surface area (Å²) in [6.45, 7) is -0.0150. The number of rotatable bonds is 5. The first-order chi connectivity index (χ1) is 12.5. The Balaban J connectivity index is 1.54. The Hall–Kier alpha value is -2.74. The van der Waals surface area contributed by atoms with Gasteiger partial charge < -0.3 is 15.0 Å². The monoisotopic (exact) mass is 376 g/mol. The molecule has 1 fully saturated rings. The van der Waals surface area contributed by atoms with Crippen molar-refractivity contribution in [3.05, 3.63) is 52.5 Å². The van der Waals surface area contributed by atoms with Crippen LogP contribution in [0.15, 0.2) is 41.8 Å². The number of nitrogens with zero attached hydrogens (tertiary/aromatic N) is 1. The lowest BCUT2D eigenvalue weighted by molar-refractivity contribution is -0.151. The molecular weight excluding hydrogens is 359 g/mol. The van der Waals surface area contributed by atoms with Crippen LogP contribution in [0.25, 0.3) is 0 Å². The summed E-state index contributed by atoms with van der Waals surface area (Å²) in [6, 6.07) is 8.21. The number of likely N-dealkylation sites (tertiary alicyclic amines) is 1. The smallest absolute Gasteiger partial charge is 0.329 e. The van der Waals surface area contributed by atoms with E-state index in [0.717, 1.165) is 6.07 Å². The molecule has 1 N–H and O–H groups in total. The summed E-state index contributed by atoms with van der Waals surface area (Å²) >= 11 is 1.31. The third-order valence-electron chi connectivity index (χ3n) is 3.97. The fraction of sp³-hybridized carbons (Fsp3) is 0.278. The molecule has 1 aromatic carbocycles. The molecule has 3 rings (SSSR count). The van der Waals surface area contributed by atoms with E-state index in [0.29, 0.717) is 24.3 Å². The predicted molar refractivity (Wildman–Crippen MR) is 94.4 cm³/mol. The minimum absolute atomic E-state index is 0.205. The number of anilines is 1. The second kappa shape index (κ2) is 8.09. The van der Waals surface area contributed by atoms with E-state index in [1.165, 1.54) is 34.4 Å². The van der Waals surface area contributed by atoms with Gasteiger partial charge in [0.05, 0.1) is 4.88 Å². The number of carbonyl (C=O) groups excluding carboxylic acids is 3. The Labute approximate surface area is 153 Å². The molecule has 0 radical (unpaired) electrons. The number of benzene rings is 1. The lowest BCUT2D eigenvalue weighted by Crippen LogP contribution is -2.41. The highest BCUT2D eigenvalue weighted by Gasteiger charge is 2.36. The maximum Gasteiger partial charge on any atom is 0.329 e. The van der Waals surface area contributed by atoms with Gasteiger partial charge in [-0.2, -0.15) is 0 Å². The Kier molecular flexibility index (Phi) is 5.62. The van der Waals surface area contributed by atoms with E-state index >= 15 is 0 Å². The Morgan fingerprint density at radius 1 is 1.27 bits per heavy atom. The minimum atomic E-state index is -0.688. The molecule has 0 aliphatic carbocycles. The van der Waals surface area contributed by atoms with E-state index < -0.39 is 30.3 Å². The summed E-state index contributed by atoms with van der Waals surface area (Å²) < 4.78 is 18.2. The summed E-state index contributed by atoms with van der Waals surface area (Å²) in [5.41, 5.74) is 0.279. The van der Waals surface area contributed by atoms with Crippen molar-refractivity contribution in [2.24, 2.45) is 0 Å². The summed E-state index contributed by atoms with van der Waals surface area (Å²) in [4.78, 5) is 38.6. The minimum Gasteiger partial charge on any atom is -0.454 e. The number of ether oxygens (including phenoxy) is 1. The lowest BCUT2D eigenvalue weighted by Gasteiger charge is -2.22. The Bertz CT molecular complexity index is 809. The van der Waals surface area contributed by atoms with Crippen LogP contribution in [-0.4, -0.2) is 41.9 Å². The normalized spacial score (nSPS) is 16.3. The van der Waals surface area contributed by atoms with E-state index in [-0.39, 0.29) is 11.6 Å². The molecule has 0 spiro atoms. The highest BCUT2D eigenvalue weighted by atomic mass is 32.1. The van der Waals surface area contributed by atoms with Crippen LogP contribution >= 0.6 is 11.3 Å². The molecule has 8 heteroatoms. The van der Waals surface area contributed by atoms with Gasteiger partial charge in [0.25, 0.3) is 11.8 Å². The number of hydrogen-bond donors (Lipinski definition) is 1. The van der Waals surface area contributed by atoms with Crippen molar-refractivity contribution in [3.63, 3.8) is 0 Å². The Morgan fingerprint density at radius 2 is 2.12 bits per heavy atom. The van der Waals surface area contributed by atoms with Gasteiger partial charge in [-0.15, -0.1) is 11.3 Å². The van der Waals surface area contributed by atoms with Crippen LogP contribution < -0.4 is 5.32 Å². The third kappa shape index (κ3) is 4.26. The van der Waals surface area contributed by atoms with Gasteiger partial charge in [0, 0.05) is 12.2 Å². The SMILES string of the molecule is O=C(COC(=O)[C@@H]1CCCN1C(=O)c1cccs1)Nc1cccc(F)c1. The first kappa shape index (κ1) is 18.1.